The SMILES string of the molecule is CCC(OC)O[Si](C)c1cccc2ccccc12. The quantitative estimate of drug-likeness (QED) is 0.607. The van der Waals surface area contributed by atoms with Crippen LogP contribution < -0.4 is 5.19 Å². The van der Waals surface area contributed by atoms with Gasteiger partial charge in [0.05, 0.1) is 0 Å². The topological polar surface area (TPSA) is 18.5 Å². The summed E-state index contributed by atoms with van der Waals surface area (Å²) in [6.07, 6.45) is 0.784. The van der Waals surface area contributed by atoms with Crippen molar-refractivity contribution in [1.82, 2.24) is 0 Å². The van der Waals surface area contributed by atoms with Crippen LogP contribution in [0.2, 0.25) is 6.55 Å². The number of hydrogen-bond donors (Lipinski definition) is 0. The maximum atomic E-state index is 6.02. The molecule has 2 aromatic carbocycles. The molecule has 0 heterocycles. The number of benzene rings is 2. The maximum Gasteiger partial charge on any atom is 0.247 e. The second kappa shape index (κ2) is 6.14. The molecule has 0 aliphatic heterocycles. The van der Waals surface area contributed by atoms with Crippen LogP contribution in [-0.2, 0) is 9.16 Å². The molecule has 0 bridgehead atoms. The van der Waals surface area contributed by atoms with Crippen molar-refractivity contribution >= 4 is 25.0 Å². The molecule has 1 radical (unpaired) electrons. The summed E-state index contributed by atoms with van der Waals surface area (Å²) in [6.45, 7) is 4.25. The van der Waals surface area contributed by atoms with E-state index in [2.05, 4.69) is 55.9 Å². The second-order valence-corrected chi connectivity index (χ2v) is 6.16. The Labute approximate surface area is 110 Å². The van der Waals surface area contributed by atoms with Gasteiger partial charge in [0, 0.05) is 7.11 Å². The third-order valence-corrected chi connectivity index (χ3v) is 4.88. The molecule has 95 valence electrons. The lowest BCUT2D eigenvalue weighted by Gasteiger charge is -2.20. The first-order chi connectivity index (χ1) is 8.76. The minimum atomic E-state index is -1.04. The van der Waals surface area contributed by atoms with Gasteiger partial charge in [0.15, 0.2) is 0 Å². The lowest BCUT2D eigenvalue weighted by molar-refractivity contribution is -0.0557. The highest BCUT2D eigenvalue weighted by Gasteiger charge is 2.17. The summed E-state index contributed by atoms with van der Waals surface area (Å²) in [4.78, 5) is 0. The summed E-state index contributed by atoms with van der Waals surface area (Å²) < 4.78 is 11.3. The largest absolute Gasteiger partial charge is 0.387 e. The van der Waals surface area contributed by atoms with E-state index >= 15 is 0 Å². The van der Waals surface area contributed by atoms with E-state index in [-0.39, 0.29) is 6.29 Å². The van der Waals surface area contributed by atoms with Crippen molar-refractivity contribution in [2.45, 2.75) is 26.2 Å². The van der Waals surface area contributed by atoms with Crippen molar-refractivity contribution in [3.8, 4) is 0 Å². The van der Waals surface area contributed by atoms with Crippen molar-refractivity contribution in [2.75, 3.05) is 7.11 Å². The average molecular weight is 259 g/mol. The highest BCUT2D eigenvalue weighted by molar-refractivity contribution is 6.68. The molecule has 0 aliphatic carbocycles. The Balaban J connectivity index is 2.30. The molecule has 2 nitrogen and oxygen atoms in total. The molecule has 0 aromatic heterocycles. The fourth-order valence-corrected chi connectivity index (χ4v) is 3.81. The molecule has 1 atom stereocenters. The smallest absolute Gasteiger partial charge is 0.247 e. The van der Waals surface area contributed by atoms with Gasteiger partial charge in [-0.3, -0.25) is 0 Å². The van der Waals surface area contributed by atoms with Crippen LogP contribution in [0.15, 0.2) is 42.5 Å². The van der Waals surface area contributed by atoms with E-state index in [1.165, 1.54) is 16.0 Å². The highest BCUT2D eigenvalue weighted by Crippen LogP contribution is 2.13. The zero-order valence-corrected chi connectivity index (χ0v) is 12.1. The molecular formula is C15H19O2Si. The third-order valence-electron chi connectivity index (χ3n) is 3.07. The lowest BCUT2D eigenvalue weighted by atomic mass is 10.1. The van der Waals surface area contributed by atoms with Crippen LogP contribution in [0.3, 0.4) is 0 Å². The van der Waals surface area contributed by atoms with Crippen LogP contribution in [0.1, 0.15) is 13.3 Å². The van der Waals surface area contributed by atoms with Gasteiger partial charge in [-0.05, 0) is 28.9 Å². The number of fused-ring (bicyclic) bond motifs is 1. The molecular weight excluding hydrogens is 240 g/mol. The standard InChI is InChI=1S/C15H19O2Si/c1-4-15(16-2)17-18(3)14-11-7-9-12-8-5-6-10-13(12)14/h5-11,15H,4H2,1-3H3. The fraction of sp³-hybridized carbons (Fsp3) is 0.333. The van der Waals surface area contributed by atoms with Crippen LogP contribution in [0.5, 0.6) is 0 Å². The van der Waals surface area contributed by atoms with Crippen molar-refractivity contribution in [3.05, 3.63) is 42.5 Å². The Bertz CT molecular complexity index is 503. The van der Waals surface area contributed by atoms with Gasteiger partial charge >= 0.3 is 0 Å². The number of methoxy groups -OCH3 is 1. The first kappa shape index (κ1) is 13.3. The molecule has 18 heavy (non-hydrogen) atoms. The zero-order chi connectivity index (χ0) is 13.0. The monoisotopic (exact) mass is 259 g/mol. The van der Waals surface area contributed by atoms with Gasteiger partial charge in [-0.15, -0.1) is 0 Å². The maximum absolute atomic E-state index is 6.02. The van der Waals surface area contributed by atoms with Gasteiger partial charge in [0.25, 0.3) is 0 Å². The molecule has 2 aromatic rings. The number of hydrogen-bond acceptors (Lipinski definition) is 2. The minimum Gasteiger partial charge on any atom is -0.387 e. The van der Waals surface area contributed by atoms with Crippen LogP contribution in [-0.4, -0.2) is 22.4 Å². The summed E-state index contributed by atoms with van der Waals surface area (Å²) in [7, 11) is 0.661. The van der Waals surface area contributed by atoms with E-state index in [0.29, 0.717) is 0 Å². The van der Waals surface area contributed by atoms with Gasteiger partial charge < -0.3 is 9.16 Å². The molecule has 0 spiro atoms. The Morgan fingerprint density at radius 2 is 1.83 bits per heavy atom. The predicted molar refractivity (Wildman–Crippen MR) is 77.4 cm³/mol. The molecule has 0 amide bonds. The Morgan fingerprint density at radius 1 is 1.11 bits per heavy atom. The van der Waals surface area contributed by atoms with Crippen molar-refractivity contribution in [3.63, 3.8) is 0 Å². The van der Waals surface area contributed by atoms with Crippen LogP contribution in [0, 0.1) is 0 Å². The van der Waals surface area contributed by atoms with Crippen LogP contribution in [0.4, 0.5) is 0 Å². The van der Waals surface area contributed by atoms with Gasteiger partial charge in [0.1, 0.15) is 6.29 Å². The number of ether oxygens (including phenoxy) is 1. The Morgan fingerprint density at radius 3 is 2.56 bits per heavy atom. The first-order valence-corrected chi connectivity index (χ1v) is 8.18. The van der Waals surface area contributed by atoms with E-state index in [0.717, 1.165) is 6.42 Å². The second-order valence-electron chi connectivity index (χ2n) is 4.27. The normalized spacial score (nSPS) is 13.1. The van der Waals surface area contributed by atoms with Gasteiger partial charge in [-0.25, -0.2) is 0 Å². The number of rotatable bonds is 5. The summed E-state index contributed by atoms with van der Waals surface area (Å²) in [5.74, 6) is 0. The van der Waals surface area contributed by atoms with Gasteiger partial charge in [-0.1, -0.05) is 49.4 Å². The van der Waals surface area contributed by atoms with E-state index in [4.69, 9.17) is 9.16 Å². The van der Waals surface area contributed by atoms with Crippen LogP contribution >= 0.6 is 0 Å². The summed E-state index contributed by atoms with van der Waals surface area (Å²) in [5.41, 5.74) is 0. The Hall–Kier alpha value is -1.16. The molecule has 0 saturated heterocycles. The van der Waals surface area contributed by atoms with E-state index in [1.807, 2.05) is 0 Å². The highest BCUT2D eigenvalue weighted by atomic mass is 28.3. The average Bonchev–Trinajstić information content (AvgIpc) is 2.43. The summed E-state index contributed by atoms with van der Waals surface area (Å²) >= 11 is 0. The molecule has 2 rings (SSSR count). The summed E-state index contributed by atoms with van der Waals surface area (Å²) in [5, 5.41) is 3.88. The van der Waals surface area contributed by atoms with Crippen molar-refractivity contribution in [2.24, 2.45) is 0 Å². The zero-order valence-electron chi connectivity index (χ0n) is 11.1. The Kier molecular flexibility index (Phi) is 4.52. The summed E-state index contributed by atoms with van der Waals surface area (Å²) in [6, 6.07) is 14.9. The first-order valence-electron chi connectivity index (χ1n) is 6.27. The third kappa shape index (κ3) is 2.80. The molecule has 3 heteroatoms. The fourth-order valence-electron chi connectivity index (χ4n) is 2.09. The van der Waals surface area contributed by atoms with Crippen molar-refractivity contribution in [1.29, 1.82) is 0 Å². The van der Waals surface area contributed by atoms with E-state index < -0.39 is 9.04 Å². The predicted octanol–water partition coefficient (Wildman–Crippen LogP) is 3.07. The molecule has 0 saturated carbocycles. The van der Waals surface area contributed by atoms with E-state index in [1.54, 1.807) is 7.11 Å². The molecule has 1 unspecified atom stereocenters. The van der Waals surface area contributed by atoms with Crippen molar-refractivity contribution < 1.29 is 9.16 Å². The van der Waals surface area contributed by atoms with Crippen LogP contribution in [0.25, 0.3) is 10.8 Å². The van der Waals surface area contributed by atoms with Gasteiger partial charge in [-0.2, -0.15) is 0 Å². The molecule has 0 aliphatic rings. The lowest BCUT2D eigenvalue weighted by Crippen LogP contribution is -2.35. The molecule has 0 fully saturated rings. The molecule has 0 N–H and O–H groups in total. The minimum absolute atomic E-state index is 0.0946. The van der Waals surface area contributed by atoms with E-state index in [9.17, 15) is 0 Å². The van der Waals surface area contributed by atoms with Gasteiger partial charge in [0.2, 0.25) is 9.04 Å².